The van der Waals surface area contributed by atoms with Crippen LogP contribution in [0.15, 0.2) is 41.7 Å². The van der Waals surface area contributed by atoms with Crippen molar-refractivity contribution < 1.29 is 4.79 Å². The van der Waals surface area contributed by atoms with Crippen LogP contribution >= 0.6 is 0 Å². The highest BCUT2D eigenvalue weighted by molar-refractivity contribution is 5.95. The fourth-order valence-electron chi connectivity index (χ4n) is 3.09. The highest BCUT2D eigenvalue weighted by Gasteiger charge is 2.33. The standard InChI is InChI=1S/C18H17N3O2/c1-3-16(22)11-8-12(9-11)20-17-13-6-4-5-7-15(13)21(2)18(23)14(17)10-19/h3-7,11-12,20H,1,8-9H2,2H3. The fourth-order valence-corrected chi connectivity index (χ4v) is 3.09. The zero-order valence-corrected chi connectivity index (χ0v) is 12.9. The van der Waals surface area contributed by atoms with Gasteiger partial charge in [-0.3, -0.25) is 9.59 Å². The first kappa shape index (κ1) is 15.0. The Hall–Kier alpha value is -2.87. The van der Waals surface area contributed by atoms with E-state index in [9.17, 15) is 14.9 Å². The molecule has 1 aromatic heterocycles. The molecule has 23 heavy (non-hydrogen) atoms. The zero-order valence-electron chi connectivity index (χ0n) is 12.9. The molecule has 1 fully saturated rings. The number of nitriles is 1. The molecule has 1 aliphatic rings. The number of anilines is 1. The zero-order chi connectivity index (χ0) is 16.6. The molecule has 0 unspecified atom stereocenters. The maximum Gasteiger partial charge on any atom is 0.270 e. The minimum absolute atomic E-state index is 0.00616. The van der Waals surface area contributed by atoms with E-state index in [1.54, 1.807) is 7.05 Å². The minimum Gasteiger partial charge on any atom is -0.380 e. The Morgan fingerprint density at radius 1 is 1.43 bits per heavy atom. The number of hydrogen-bond acceptors (Lipinski definition) is 4. The first-order chi connectivity index (χ1) is 11.1. The summed E-state index contributed by atoms with van der Waals surface area (Å²) in [5.74, 6) is 0.0470. The summed E-state index contributed by atoms with van der Waals surface area (Å²) in [6, 6.07) is 9.59. The Bertz CT molecular complexity index is 899. The number of carbonyl (C=O) groups excluding carboxylic acids is 1. The van der Waals surface area contributed by atoms with E-state index in [4.69, 9.17) is 0 Å². The van der Waals surface area contributed by atoms with Crippen LogP contribution in [0, 0.1) is 17.2 Å². The Labute approximate surface area is 133 Å². The second-order valence-corrected chi connectivity index (χ2v) is 5.86. The predicted molar refractivity (Wildman–Crippen MR) is 89.2 cm³/mol. The van der Waals surface area contributed by atoms with Crippen LogP contribution in [0.4, 0.5) is 5.69 Å². The van der Waals surface area contributed by atoms with E-state index in [0.717, 1.165) is 10.9 Å². The van der Waals surface area contributed by atoms with Crippen LogP contribution in [0.5, 0.6) is 0 Å². The van der Waals surface area contributed by atoms with Gasteiger partial charge in [0.15, 0.2) is 5.78 Å². The monoisotopic (exact) mass is 307 g/mol. The number of fused-ring (bicyclic) bond motifs is 1. The van der Waals surface area contributed by atoms with Crippen molar-refractivity contribution >= 4 is 22.4 Å². The van der Waals surface area contributed by atoms with Gasteiger partial charge >= 0.3 is 0 Å². The molecule has 0 bridgehead atoms. The smallest absolute Gasteiger partial charge is 0.270 e. The molecule has 3 rings (SSSR count). The van der Waals surface area contributed by atoms with Gasteiger partial charge in [-0.25, -0.2) is 0 Å². The van der Waals surface area contributed by atoms with Gasteiger partial charge in [0.05, 0.1) is 11.2 Å². The van der Waals surface area contributed by atoms with Crippen molar-refractivity contribution in [2.75, 3.05) is 5.32 Å². The average Bonchev–Trinajstić information content (AvgIpc) is 2.54. The van der Waals surface area contributed by atoms with E-state index in [1.807, 2.05) is 30.3 Å². The van der Waals surface area contributed by atoms with Crippen LogP contribution in [-0.2, 0) is 11.8 Å². The van der Waals surface area contributed by atoms with Gasteiger partial charge in [-0.05, 0) is 25.0 Å². The van der Waals surface area contributed by atoms with Gasteiger partial charge in [0.25, 0.3) is 5.56 Å². The van der Waals surface area contributed by atoms with Gasteiger partial charge in [0, 0.05) is 24.4 Å². The highest BCUT2D eigenvalue weighted by Crippen LogP contribution is 2.34. The lowest BCUT2D eigenvalue weighted by Crippen LogP contribution is -2.39. The summed E-state index contributed by atoms with van der Waals surface area (Å²) in [6.45, 7) is 3.51. The molecule has 1 N–H and O–H groups in total. The number of allylic oxidation sites excluding steroid dienone is 1. The normalized spacial score (nSPS) is 19.7. The molecule has 5 nitrogen and oxygen atoms in total. The SMILES string of the molecule is C=CC(=O)C1CC(Nc2c(C#N)c(=O)n(C)c3ccccc23)C1. The minimum atomic E-state index is -0.313. The molecule has 0 saturated heterocycles. The Balaban J connectivity index is 2.00. The van der Waals surface area contributed by atoms with Crippen LogP contribution in [0.2, 0.25) is 0 Å². The Morgan fingerprint density at radius 2 is 2.13 bits per heavy atom. The van der Waals surface area contributed by atoms with Gasteiger partial charge < -0.3 is 9.88 Å². The summed E-state index contributed by atoms with van der Waals surface area (Å²) < 4.78 is 1.49. The third kappa shape index (κ3) is 2.42. The number of hydrogen-bond donors (Lipinski definition) is 1. The van der Waals surface area contributed by atoms with Gasteiger partial charge in [0.2, 0.25) is 0 Å². The third-order valence-electron chi connectivity index (χ3n) is 4.51. The number of aromatic nitrogens is 1. The van der Waals surface area contributed by atoms with Crippen molar-refractivity contribution in [3.8, 4) is 6.07 Å². The number of nitrogens with zero attached hydrogens (tertiary/aromatic N) is 2. The number of rotatable bonds is 4. The molecule has 1 aliphatic carbocycles. The van der Waals surface area contributed by atoms with E-state index in [1.165, 1.54) is 10.6 Å². The molecule has 0 amide bonds. The van der Waals surface area contributed by atoms with Crippen molar-refractivity contribution in [2.45, 2.75) is 18.9 Å². The molecule has 5 heteroatoms. The van der Waals surface area contributed by atoms with E-state index in [2.05, 4.69) is 11.9 Å². The first-order valence-corrected chi connectivity index (χ1v) is 7.51. The second-order valence-electron chi connectivity index (χ2n) is 5.86. The molecule has 1 heterocycles. The van der Waals surface area contributed by atoms with E-state index < -0.39 is 0 Å². The molecule has 116 valence electrons. The molecule has 2 aromatic rings. The fraction of sp³-hybridized carbons (Fsp3) is 0.278. The molecule has 0 atom stereocenters. The van der Waals surface area contributed by atoms with Crippen molar-refractivity contribution in [3.63, 3.8) is 0 Å². The maximum absolute atomic E-state index is 12.4. The Morgan fingerprint density at radius 3 is 2.78 bits per heavy atom. The van der Waals surface area contributed by atoms with E-state index in [-0.39, 0.29) is 28.9 Å². The largest absolute Gasteiger partial charge is 0.380 e. The summed E-state index contributed by atoms with van der Waals surface area (Å²) in [5, 5.41) is 13.5. The summed E-state index contributed by atoms with van der Waals surface area (Å²) in [4.78, 5) is 23.9. The van der Waals surface area contributed by atoms with Crippen LogP contribution in [0.25, 0.3) is 10.9 Å². The summed E-state index contributed by atoms with van der Waals surface area (Å²) in [6.07, 6.45) is 2.74. The van der Waals surface area contributed by atoms with Crippen LogP contribution < -0.4 is 10.9 Å². The van der Waals surface area contributed by atoms with Gasteiger partial charge in [0.1, 0.15) is 11.6 Å². The molecule has 0 radical (unpaired) electrons. The number of benzene rings is 1. The first-order valence-electron chi connectivity index (χ1n) is 7.51. The average molecular weight is 307 g/mol. The molecule has 0 aliphatic heterocycles. The summed E-state index contributed by atoms with van der Waals surface area (Å²) in [7, 11) is 1.66. The predicted octanol–water partition coefficient (Wildman–Crippen LogP) is 2.36. The number of aryl methyl sites for hydroxylation is 1. The van der Waals surface area contributed by atoms with E-state index >= 15 is 0 Å². The summed E-state index contributed by atoms with van der Waals surface area (Å²) in [5.41, 5.74) is 1.15. The Kier molecular flexibility index (Phi) is 3.75. The van der Waals surface area contributed by atoms with Gasteiger partial charge in [-0.2, -0.15) is 5.26 Å². The number of ketones is 1. The molecule has 1 aromatic carbocycles. The number of carbonyl (C=O) groups is 1. The lowest BCUT2D eigenvalue weighted by molar-refractivity contribution is -0.120. The molecular weight excluding hydrogens is 290 g/mol. The molecular formula is C18H17N3O2. The maximum atomic E-state index is 12.4. The number of para-hydroxylation sites is 1. The van der Waals surface area contributed by atoms with Gasteiger partial charge in [-0.1, -0.05) is 24.8 Å². The van der Waals surface area contributed by atoms with Crippen LogP contribution in [0.3, 0.4) is 0 Å². The lowest BCUT2D eigenvalue weighted by atomic mass is 9.77. The quantitative estimate of drug-likeness (QED) is 0.880. The highest BCUT2D eigenvalue weighted by atomic mass is 16.1. The van der Waals surface area contributed by atoms with Crippen molar-refractivity contribution in [2.24, 2.45) is 13.0 Å². The van der Waals surface area contributed by atoms with Gasteiger partial charge in [-0.15, -0.1) is 0 Å². The topological polar surface area (TPSA) is 74.9 Å². The van der Waals surface area contributed by atoms with E-state index in [0.29, 0.717) is 18.5 Å². The number of nitrogens with one attached hydrogen (secondary N) is 1. The lowest BCUT2D eigenvalue weighted by Gasteiger charge is -2.35. The van der Waals surface area contributed by atoms with Crippen molar-refractivity contribution in [1.29, 1.82) is 5.26 Å². The van der Waals surface area contributed by atoms with Crippen molar-refractivity contribution in [3.05, 3.63) is 52.8 Å². The number of pyridine rings is 1. The van der Waals surface area contributed by atoms with Crippen molar-refractivity contribution in [1.82, 2.24) is 4.57 Å². The molecule has 1 saturated carbocycles. The third-order valence-corrected chi connectivity index (χ3v) is 4.51. The second kappa shape index (κ2) is 5.73. The van der Waals surface area contributed by atoms with Crippen LogP contribution in [0.1, 0.15) is 18.4 Å². The molecule has 0 spiro atoms. The van der Waals surface area contributed by atoms with Crippen LogP contribution in [-0.4, -0.2) is 16.4 Å². The summed E-state index contributed by atoms with van der Waals surface area (Å²) >= 11 is 0.